The van der Waals surface area contributed by atoms with E-state index in [-0.39, 0.29) is 12.5 Å². The smallest absolute Gasteiger partial charge is 0.284 e. The molecule has 0 radical (unpaired) electrons. The summed E-state index contributed by atoms with van der Waals surface area (Å²) in [5, 5.41) is 4.45. The highest BCUT2D eigenvalue weighted by Gasteiger charge is 2.17. The fraction of sp³-hybridized carbons (Fsp3) is 0.273. The molecule has 0 saturated heterocycles. The number of carbonyl (C=O) groups excluding carboxylic acids is 1. The van der Waals surface area contributed by atoms with Gasteiger partial charge in [0.15, 0.2) is 6.61 Å². The Bertz CT molecular complexity index is 927. The van der Waals surface area contributed by atoms with Gasteiger partial charge in [-0.1, -0.05) is 42.5 Å². The van der Waals surface area contributed by atoms with Crippen LogP contribution < -0.4 is 4.74 Å². The number of aromatic nitrogens is 2. The molecule has 0 atom stereocenters. The van der Waals surface area contributed by atoms with Crippen molar-refractivity contribution in [1.82, 2.24) is 9.78 Å². The highest BCUT2D eigenvalue weighted by molar-refractivity contribution is 5.80. The second-order valence-electron chi connectivity index (χ2n) is 6.60. The van der Waals surface area contributed by atoms with Crippen molar-refractivity contribution < 1.29 is 9.53 Å². The monoisotopic (exact) mass is 348 g/mol. The first-order chi connectivity index (χ1) is 12.5. The first kappa shape index (κ1) is 17.9. The van der Waals surface area contributed by atoms with Crippen molar-refractivity contribution in [2.75, 3.05) is 6.61 Å². The Balaban J connectivity index is 1.76. The molecule has 0 aliphatic heterocycles. The highest BCUT2D eigenvalue weighted by atomic mass is 16.5. The molecule has 1 heterocycles. The van der Waals surface area contributed by atoms with Gasteiger partial charge in [-0.05, 0) is 50.5 Å². The number of rotatable bonds is 5. The van der Waals surface area contributed by atoms with Gasteiger partial charge in [-0.15, -0.1) is 0 Å². The predicted octanol–water partition coefficient (Wildman–Crippen LogP) is 4.43. The van der Waals surface area contributed by atoms with Crippen LogP contribution in [0, 0.1) is 27.7 Å². The third-order valence-corrected chi connectivity index (χ3v) is 4.81. The Labute approximate surface area is 154 Å². The number of benzene rings is 2. The van der Waals surface area contributed by atoms with Gasteiger partial charge in [-0.2, -0.15) is 5.10 Å². The fourth-order valence-electron chi connectivity index (χ4n) is 3.05. The van der Waals surface area contributed by atoms with Crippen molar-refractivity contribution in [1.29, 1.82) is 0 Å². The molecule has 134 valence electrons. The minimum atomic E-state index is -0.161. The van der Waals surface area contributed by atoms with Crippen LogP contribution >= 0.6 is 0 Å². The van der Waals surface area contributed by atoms with Crippen LogP contribution in [-0.4, -0.2) is 22.3 Å². The summed E-state index contributed by atoms with van der Waals surface area (Å²) < 4.78 is 7.22. The Morgan fingerprint density at radius 2 is 1.73 bits per heavy atom. The number of nitrogens with zero attached hydrogens (tertiary/aromatic N) is 2. The van der Waals surface area contributed by atoms with Gasteiger partial charge in [-0.25, -0.2) is 4.68 Å². The van der Waals surface area contributed by atoms with E-state index in [0.717, 1.165) is 40.2 Å². The standard InChI is InChI=1S/C22H24N2O2/c1-15-9-8-12-21(16(15)2)26-14-22(25)24-18(4)20(17(3)23-24)13-19-10-6-5-7-11-19/h5-12H,13-14H2,1-4H3. The summed E-state index contributed by atoms with van der Waals surface area (Å²) in [7, 11) is 0. The van der Waals surface area contributed by atoms with Crippen LogP contribution in [0.5, 0.6) is 5.75 Å². The van der Waals surface area contributed by atoms with Crippen LogP contribution in [0.25, 0.3) is 0 Å². The molecule has 0 saturated carbocycles. The minimum Gasteiger partial charge on any atom is -0.483 e. The van der Waals surface area contributed by atoms with Crippen LogP contribution in [0.2, 0.25) is 0 Å². The van der Waals surface area contributed by atoms with E-state index in [9.17, 15) is 4.79 Å². The molecule has 0 bridgehead atoms. The van der Waals surface area contributed by atoms with Crippen molar-refractivity contribution in [2.24, 2.45) is 0 Å². The minimum absolute atomic E-state index is 0.0307. The van der Waals surface area contributed by atoms with Gasteiger partial charge in [0.2, 0.25) is 0 Å². The first-order valence-electron chi connectivity index (χ1n) is 8.78. The zero-order valence-corrected chi connectivity index (χ0v) is 15.7. The summed E-state index contributed by atoms with van der Waals surface area (Å²) in [6.45, 7) is 7.88. The Kier molecular flexibility index (Phi) is 5.21. The second-order valence-corrected chi connectivity index (χ2v) is 6.60. The topological polar surface area (TPSA) is 44.1 Å². The number of aryl methyl sites for hydroxylation is 2. The molecule has 2 aromatic carbocycles. The Morgan fingerprint density at radius 3 is 2.46 bits per heavy atom. The van der Waals surface area contributed by atoms with Crippen molar-refractivity contribution in [3.63, 3.8) is 0 Å². The van der Waals surface area contributed by atoms with Crippen LogP contribution in [0.4, 0.5) is 0 Å². The zero-order valence-electron chi connectivity index (χ0n) is 15.7. The van der Waals surface area contributed by atoms with Crippen molar-refractivity contribution in [3.8, 4) is 5.75 Å². The predicted molar refractivity (Wildman–Crippen MR) is 103 cm³/mol. The van der Waals surface area contributed by atoms with E-state index in [0.29, 0.717) is 0 Å². The molecule has 0 aliphatic rings. The van der Waals surface area contributed by atoms with Gasteiger partial charge in [0.1, 0.15) is 5.75 Å². The summed E-state index contributed by atoms with van der Waals surface area (Å²) in [5.41, 5.74) is 6.26. The molecule has 4 nitrogen and oxygen atoms in total. The Hall–Kier alpha value is -2.88. The first-order valence-corrected chi connectivity index (χ1v) is 8.78. The second kappa shape index (κ2) is 7.56. The van der Waals surface area contributed by atoms with Crippen molar-refractivity contribution in [2.45, 2.75) is 34.1 Å². The molecule has 3 rings (SSSR count). The highest BCUT2D eigenvalue weighted by Crippen LogP contribution is 2.21. The van der Waals surface area contributed by atoms with E-state index in [2.05, 4.69) is 17.2 Å². The van der Waals surface area contributed by atoms with E-state index in [1.165, 1.54) is 10.2 Å². The lowest BCUT2D eigenvalue weighted by Gasteiger charge is -2.11. The summed E-state index contributed by atoms with van der Waals surface area (Å²) in [6.07, 6.45) is 0.767. The molecule has 0 fully saturated rings. The maximum Gasteiger partial charge on any atom is 0.284 e. The Morgan fingerprint density at radius 1 is 1.00 bits per heavy atom. The van der Waals surface area contributed by atoms with Crippen LogP contribution in [0.15, 0.2) is 48.5 Å². The summed E-state index contributed by atoms with van der Waals surface area (Å²) >= 11 is 0. The number of carbonyl (C=O) groups is 1. The van der Waals surface area contributed by atoms with Gasteiger partial charge < -0.3 is 4.74 Å². The third-order valence-electron chi connectivity index (χ3n) is 4.81. The lowest BCUT2D eigenvalue weighted by molar-refractivity contribution is 0.0817. The molecule has 0 aliphatic carbocycles. The summed E-state index contributed by atoms with van der Waals surface area (Å²) in [5.74, 6) is 0.579. The van der Waals surface area contributed by atoms with E-state index < -0.39 is 0 Å². The summed E-state index contributed by atoms with van der Waals surface area (Å²) in [4.78, 5) is 12.6. The zero-order chi connectivity index (χ0) is 18.7. The lowest BCUT2D eigenvalue weighted by atomic mass is 10.0. The average Bonchev–Trinajstić information content (AvgIpc) is 2.92. The van der Waals surface area contributed by atoms with Crippen molar-refractivity contribution in [3.05, 3.63) is 82.2 Å². The van der Waals surface area contributed by atoms with Gasteiger partial charge >= 0.3 is 0 Å². The summed E-state index contributed by atoms with van der Waals surface area (Å²) in [6, 6.07) is 16.1. The average molecular weight is 348 g/mol. The van der Waals surface area contributed by atoms with Gasteiger partial charge in [-0.3, -0.25) is 4.79 Å². The molecular formula is C22H24N2O2. The van der Waals surface area contributed by atoms with Gasteiger partial charge in [0.05, 0.1) is 5.69 Å². The number of ether oxygens (including phenoxy) is 1. The lowest BCUT2D eigenvalue weighted by Crippen LogP contribution is -2.22. The molecule has 4 heteroatoms. The molecule has 1 aromatic heterocycles. The molecule has 3 aromatic rings. The molecular weight excluding hydrogens is 324 g/mol. The van der Waals surface area contributed by atoms with Crippen LogP contribution in [0.3, 0.4) is 0 Å². The molecule has 0 spiro atoms. The van der Waals surface area contributed by atoms with E-state index in [1.54, 1.807) is 0 Å². The van der Waals surface area contributed by atoms with E-state index in [1.807, 2.05) is 64.1 Å². The SMILES string of the molecule is Cc1cccc(OCC(=O)n2nc(C)c(Cc3ccccc3)c2C)c1C. The number of hydrogen-bond donors (Lipinski definition) is 0. The van der Waals surface area contributed by atoms with Gasteiger partial charge in [0, 0.05) is 17.7 Å². The van der Waals surface area contributed by atoms with Crippen LogP contribution in [0.1, 0.15) is 38.4 Å². The largest absolute Gasteiger partial charge is 0.483 e. The van der Waals surface area contributed by atoms with E-state index in [4.69, 9.17) is 4.74 Å². The molecule has 26 heavy (non-hydrogen) atoms. The quantitative estimate of drug-likeness (QED) is 0.685. The molecule has 0 amide bonds. The van der Waals surface area contributed by atoms with E-state index >= 15 is 0 Å². The normalized spacial score (nSPS) is 10.8. The van der Waals surface area contributed by atoms with Crippen LogP contribution in [-0.2, 0) is 6.42 Å². The molecule has 0 N–H and O–H groups in total. The fourth-order valence-corrected chi connectivity index (χ4v) is 3.05. The maximum absolute atomic E-state index is 12.6. The van der Waals surface area contributed by atoms with Crippen molar-refractivity contribution >= 4 is 5.91 Å². The maximum atomic E-state index is 12.6. The third kappa shape index (κ3) is 3.69. The van der Waals surface area contributed by atoms with Gasteiger partial charge in [0.25, 0.3) is 5.91 Å². The molecule has 0 unspecified atom stereocenters. The number of hydrogen-bond acceptors (Lipinski definition) is 3.